The Balaban J connectivity index is 0.000000757. The number of aromatic hydroxyl groups is 2. The van der Waals surface area contributed by atoms with Crippen LogP contribution in [0, 0.1) is 0 Å². The number of rotatable bonds is 10. The van der Waals surface area contributed by atoms with Crippen molar-refractivity contribution in [2.45, 2.75) is 37.6 Å². The highest BCUT2D eigenvalue weighted by Gasteiger charge is 2.38. The van der Waals surface area contributed by atoms with Crippen molar-refractivity contribution in [1.82, 2.24) is 15.5 Å². The van der Waals surface area contributed by atoms with Crippen LogP contribution >= 0.6 is 0 Å². The van der Waals surface area contributed by atoms with E-state index < -0.39 is 30.2 Å². The van der Waals surface area contributed by atoms with Gasteiger partial charge in [-0.1, -0.05) is 54.6 Å². The van der Waals surface area contributed by atoms with Crippen molar-refractivity contribution in [3.63, 3.8) is 0 Å². The number of alkyl halides is 3. The maximum atomic E-state index is 13.5. The first-order valence-electron chi connectivity index (χ1n) is 17.0. The summed E-state index contributed by atoms with van der Waals surface area (Å²) in [5.74, 6) is -2.85. The molecule has 0 aliphatic carbocycles. The molecule has 1 aliphatic rings. The lowest BCUT2D eigenvalue weighted by Gasteiger charge is -2.22. The van der Waals surface area contributed by atoms with Crippen molar-refractivity contribution in [2.75, 3.05) is 18.4 Å². The molecule has 286 valence electrons. The number of carbonyl (C=O) groups is 4. The number of anilines is 1. The zero-order valence-electron chi connectivity index (χ0n) is 29.1. The number of likely N-dealkylation sites (tertiary alicyclic amines) is 1. The summed E-state index contributed by atoms with van der Waals surface area (Å²) in [6.45, 7) is 2.15. The quantitative estimate of drug-likeness (QED) is 0.0712. The van der Waals surface area contributed by atoms with E-state index in [2.05, 4.69) is 20.9 Å². The first-order chi connectivity index (χ1) is 26.2. The standard InChI is InChI=1S/C38H36N4O6.C2HF3O2/c43-32-14-5-25(6-15-32)21-35(36(45)39-31-19-20-42(24-31)23-26-7-16-33(44)17-8-26)41-38(47)40-30-12-9-28(10-13-30)37(46)48-34-18-11-27-3-1-2-4-29(27)22-34;3-2(4,5)1(6)7/h1-18,22,31,35,43-44H,19-21,23-24H2,(H,39,45)(H2,40,41,47);(H,6,7)/t31?,35-;/m0./s1. The molecule has 0 radical (unpaired) electrons. The topological polar surface area (TPSA) is 178 Å². The van der Waals surface area contributed by atoms with Crippen LogP contribution in [0.4, 0.5) is 23.7 Å². The van der Waals surface area contributed by atoms with Gasteiger partial charge in [0.1, 0.15) is 23.3 Å². The van der Waals surface area contributed by atoms with Gasteiger partial charge in [-0.15, -0.1) is 0 Å². The molecule has 5 aromatic rings. The molecule has 3 amide bonds. The van der Waals surface area contributed by atoms with Gasteiger partial charge in [0, 0.05) is 37.8 Å². The lowest BCUT2D eigenvalue weighted by molar-refractivity contribution is -0.192. The Labute approximate surface area is 313 Å². The smallest absolute Gasteiger partial charge is 0.490 e. The summed E-state index contributed by atoms with van der Waals surface area (Å²) in [7, 11) is 0. The molecule has 15 heteroatoms. The Bertz CT molecular complexity index is 2110. The molecule has 12 nitrogen and oxygen atoms in total. The molecule has 1 heterocycles. The van der Waals surface area contributed by atoms with Gasteiger partial charge in [0.25, 0.3) is 0 Å². The summed E-state index contributed by atoms with van der Waals surface area (Å²) < 4.78 is 37.3. The molecule has 6 rings (SSSR count). The highest BCUT2D eigenvalue weighted by atomic mass is 19.4. The first kappa shape index (κ1) is 39.6. The molecular formula is C40H37F3N4O8. The fourth-order valence-corrected chi connectivity index (χ4v) is 5.74. The van der Waals surface area contributed by atoms with Crippen LogP contribution in [0.25, 0.3) is 10.8 Å². The van der Waals surface area contributed by atoms with Crippen molar-refractivity contribution >= 4 is 40.3 Å². The average Bonchev–Trinajstić information content (AvgIpc) is 3.59. The Kier molecular flexibility index (Phi) is 12.9. The highest BCUT2D eigenvalue weighted by molar-refractivity contribution is 5.95. The number of hydrogen-bond donors (Lipinski definition) is 6. The molecule has 55 heavy (non-hydrogen) atoms. The second-order valence-corrected chi connectivity index (χ2v) is 12.7. The molecule has 0 aromatic heterocycles. The predicted molar refractivity (Wildman–Crippen MR) is 197 cm³/mol. The summed E-state index contributed by atoms with van der Waals surface area (Å²) in [5, 5.41) is 37.0. The lowest BCUT2D eigenvalue weighted by Crippen LogP contribution is -2.52. The molecule has 1 saturated heterocycles. The summed E-state index contributed by atoms with van der Waals surface area (Å²) in [5.41, 5.74) is 2.58. The molecule has 0 saturated carbocycles. The number of nitrogens with zero attached hydrogens (tertiary/aromatic N) is 1. The van der Waals surface area contributed by atoms with E-state index in [9.17, 15) is 37.8 Å². The second kappa shape index (κ2) is 17.9. The van der Waals surface area contributed by atoms with Gasteiger partial charge in [-0.25, -0.2) is 14.4 Å². The Morgan fingerprint density at radius 2 is 1.40 bits per heavy atom. The number of amides is 3. The van der Waals surface area contributed by atoms with E-state index in [0.717, 1.165) is 34.9 Å². The minimum Gasteiger partial charge on any atom is -0.508 e. The molecule has 1 unspecified atom stereocenters. The van der Waals surface area contributed by atoms with E-state index >= 15 is 0 Å². The van der Waals surface area contributed by atoms with Crippen molar-refractivity contribution < 1.29 is 52.4 Å². The van der Waals surface area contributed by atoms with Crippen molar-refractivity contribution in [3.05, 3.63) is 132 Å². The molecule has 1 aliphatic heterocycles. The number of esters is 1. The number of halogens is 3. The van der Waals surface area contributed by atoms with Crippen LogP contribution in [-0.2, 0) is 22.6 Å². The first-order valence-corrected chi connectivity index (χ1v) is 17.0. The highest BCUT2D eigenvalue weighted by Crippen LogP contribution is 2.22. The normalized spacial score (nSPS) is 14.6. The number of phenolic OH excluding ortho intramolecular Hbond substituents is 2. The fourth-order valence-electron chi connectivity index (χ4n) is 5.74. The number of benzene rings is 5. The minimum absolute atomic E-state index is 0.0938. The molecular weight excluding hydrogens is 721 g/mol. The maximum Gasteiger partial charge on any atom is 0.490 e. The monoisotopic (exact) mass is 758 g/mol. The van der Waals surface area contributed by atoms with E-state index in [0.29, 0.717) is 30.1 Å². The van der Waals surface area contributed by atoms with Gasteiger partial charge >= 0.3 is 24.1 Å². The molecule has 2 atom stereocenters. The van der Waals surface area contributed by atoms with E-state index in [1.54, 1.807) is 60.7 Å². The van der Waals surface area contributed by atoms with E-state index in [4.69, 9.17) is 14.6 Å². The van der Waals surface area contributed by atoms with Crippen LogP contribution in [0.15, 0.2) is 115 Å². The third-order valence-electron chi connectivity index (χ3n) is 8.51. The van der Waals surface area contributed by atoms with Gasteiger partial charge in [-0.2, -0.15) is 13.2 Å². The number of phenols is 2. The number of carboxylic acids is 1. The molecule has 6 N–H and O–H groups in total. The zero-order chi connectivity index (χ0) is 39.5. The zero-order valence-corrected chi connectivity index (χ0v) is 29.1. The van der Waals surface area contributed by atoms with Crippen LogP contribution in [-0.4, -0.2) is 75.4 Å². The Morgan fingerprint density at radius 3 is 2.02 bits per heavy atom. The Morgan fingerprint density at radius 1 is 0.800 bits per heavy atom. The molecule has 5 aromatic carbocycles. The predicted octanol–water partition coefficient (Wildman–Crippen LogP) is 6.23. The van der Waals surface area contributed by atoms with Crippen LogP contribution in [0.2, 0.25) is 0 Å². The SMILES string of the molecule is O=C(Nc1ccc(C(=O)Oc2ccc3ccccc3c2)cc1)N[C@@H](Cc1ccc(O)cc1)C(=O)NC1CCN(Cc2ccc(O)cc2)C1.O=C(O)C(F)(F)F. The number of fused-ring (bicyclic) bond motifs is 1. The Hall–Kier alpha value is -6.61. The number of carbonyl (C=O) groups excluding carboxylic acids is 3. The van der Waals surface area contributed by atoms with Gasteiger partial charge in [-0.05, 0) is 89.0 Å². The second-order valence-electron chi connectivity index (χ2n) is 12.7. The maximum absolute atomic E-state index is 13.5. The van der Waals surface area contributed by atoms with Gasteiger partial charge in [0.05, 0.1) is 5.56 Å². The van der Waals surface area contributed by atoms with E-state index in [1.807, 2.05) is 42.5 Å². The number of hydrogen-bond acceptors (Lipinski definition) is 8. The van der Waals surface area contributed by atoms with Crippen LogP contribution < -0.4 is 20.7 Å². The third-order valence-corrected chi connectivity index (χ3v) is 8.51. The lowest BCUT2D eigenvalue weighted by atomic mass is 10.0. The van der Waals surface area contributed by atoms with Crippen molar-refractivity contribution in [1.29, 1.82) is 0 Å². The number of urea groups is 1. The van der Waals surface area contributed by atoms with Crippen LogP contribution in [0.5, 0.6) is 17.2 Å². The summed E-state index contributed by atoms with van der Waals surface area (Å²) >= 11 is 0. The van der Waals surface area contributed by atoms with E-state index in [1.165, 1.54) is 12.1 Å². The van der Waals surface area contributed by atoms with Gasteiger partial charge < -0.3 is 36.0 Å². The summed E-state index contributed by atoms with van der Waals surface area (Å²) in [6, 6.07) is 31.5. The molecule has 0 bridgehead atoms. The van der Waals surface area contributed by atoms with Gasteiger partial charge in [0.15, 0.2) is 0 Å². The van der Waals surface area contributed by atoms with Crippen molar-refractivity contribution in [2.24, 2.45) is 0 Å². The number of ether oxygens (including phenoxy) is 1. The van der Waals surface area contributed by atoms with Crippen molar-refractivity contribution in [3.8, 4) is 17.2 Å². The fraction of sp³-hybridized carbons (Fsp3) is 0.200. The molecule has 0 spiro atoms. The van der Waals surface area contributed by atoms with E-state index in [-0.39, 0.29) is 29.9 Å². The number of carboxylic acid groups (broad SMARTS) is 1. The largest absolute Gasteiger partial charge is 0.508 e. The number of aliphatic carboxylic acids is 1. The number of nitrogens with one attached hydrogen (secondary N) is 3. The van der Waals surface area contributed by atoms with Crippen LogP contribution in [0.1, 0.15) is 27.9 Å². The van der Waals surface area contributed by atoms with Gasteiger partial charge in [-0.3, -0.25) is 9.69 Å². The summed E-state index contributed by atoms with van der Waals surface area (Å²) in [6.07, 6.45) is -4.11. The average molecular weight is 759 g/mol. The molecule has 1 fully saturated rings. The summed E-state index contributed by atoms with van der Waals surface area (Å²) in [4.78, 5) is 50.5. The minimum atomic E-state index is -5.08. The van der Waals surface area contributed by atoms with Crippen LogP contribution in [0.3, 0.4) is 0 Å². The van der Waals surface area contributed by atoms with Gasteiger partial charge in [0.2, 0.25) is 5.91 Å². The third kappa shape index (κ3) is 11.9.